The highest BCUT2D eigenvalue weighted by Gasteiger charge is 2.09. The Morgan fingerprint density at radius 2 is 2.33 bits per heavy atom. The van der Waals surface area contributed by atoms with Gasteiger partial charge in [-0.05, 0) is 6.42 Å². The molecule has 2 heteroatoms. The van der Waals surface area contributed by atoms with E-state index in [-0.39, 0.29) is 6.10 Å². The van der Waals surface area contributed by atoms with Gasteiger partial charge in [0.1, 0.15) is 6.10 Å². The van der Waals surface area contributed by atoms with E-state index in [1.54, 1.807) is 0 Å². The molecule has 0 saturated carbocycles. The van der Waals surface area contributed by atoms with Gasteiger partial charge in [0.15, 0.2) is 0 Å². The van der Waals surface area contributed by atoms with Gasteiger partial charge in [-0.1, -0.05) is 19.3 Å². The third-order valence-corrected chi connectivity index (χ3v) is 1.73. The molecule has 2 nitrogen and oxygen atoms in total. The summed E-state index contributed by atoms with van der Waals surface area (Å²) in [5.74, 6) is 6.16. The van der Waals surface area contributed by atoms with Crippen LogP contribution in [0.4, 0.5) is 0 Å². The zero-order valence-electron chi connectivity index (χ0n) is 7.64. The third kappa shape index (κ3) is 3.75. The first-order valence-corrected chi connectivity index (χ1v) is 4.61. The first kappa shape index (κ1) is 9.57. The Hall–Kier alpha value is -0.520. The van der Waals surface area contributed by atoms with Crippen LogP contribution in [0.3, 0.4) is 0 Å². The van der Waals surface area contributed by atoms with E-state index in [0.29, 0.717) is 19.8 Å². The SMILES string of the molecule is CCCCC#C[C@H]1COCCO1. The Labute approximate surface area is 74.2 Å². The maximum absolute atomic E-state index is 5.36. The van der Waals surface area contributed by atoms with Crippen molar-refractivity contribution in [2.75, 3.05) is 19.8 Å². The lowest BCUT2D eigenvalue weighted by atomic mass is 10.2. The minimum atomic E-state index is 0.0237. The van der Waals surface area contributed by atoms with Crippen LogP contribution in [0.25, 0.3) is 0 Å². The Balaban J connectivity index is 2.13. The summed E-state index contributed by atoms with van der Waals surface area (Å²) in [4.78, 5) is 0. The average Bonchev–Trinajstić information content (AvgIpc) is 2.14. The maximum Gasteiger partial charge on any atom is 0.141 e. The largest absolute Gasteiger partial charge is 0.375 e. The van der Waals surface area contributed by atoms with Crippen molar-refractivity contribution < 1.29 is 9.47 Å². The molecule has 1 fully saturated rings. The van der Waals surface area contributed by atoms with Gasteiger partial charge in [0.05, 0.1) is 19.8 Å². The van der Waals surface area contributed by atoms with E-state index in [1.807, 2.05) is 0 Å². The summed E-state index contributed by atoms with van der Waals surface area (Å²) in [6, 6.07) is 0. The van der Waals surface area contributed by atoms with Gasteiger partial charge in [-0.2, -0.15) is 0 Å². The van der Waals surface area contributed by atoms with Crippen molar-refractivity contribution in [2.45, 2.75) is 32.3 Å². The number of unbranched alkanes of at least 4 members (excludes halogenated alkanes) is 2. The monoisotopic (exact) mass is 168 g/mol. The Morgan fingerprint density at radius 1 is 1.42 bits per heavy atom. The molecule has 1 heterocycles. The molecule has 1 aliphatic rings. The van der Waals surface area contributed by atoms with Gasteiger partial charge >= 0.3 is 0 Å². The van der Waals surface area contributed by atoms with Crippen LogP contribution < -0.4 is 0 Å². The third-order valence-electron chi connectivity index (χ3n) is 1.73. The van der Waals surface area contributed by atoms with Crippen molar-refractivity contribution in [3.05, 3.63) is 0 Å². The van der Waals surface area contributed by atoms with Crippen LogP contribution in [0.15, 0.2) is 0 Å². The van der Waals surface area contributed by atoms with Crippen molar-refractivity contribution >= 4 is 0 Å². The summed E-state index contributed by atoms with van der Waals surface area (Å²) in [6.45, 7) is 4.21. The Bertz CT molecular complexity index is 160. The van der Waals surface area contributed by atoms with E-state index in [1.165, 1.54) is 12.8 Å². The van der Waals surface area contributed by atoms with Gasteiger partial charge in [-0.15, -0.1) is 5.92 Å². The topological polar surface area (TPSA) is 18.5 Å². The van der Waals surface area contributed by atoms with E-state index in [0.717, 1.165) is 6.42 Å². The van der Waals surface area contributed by atoms with E-state index < -0.39 is 0 Å². The summed E-state index contributed by atoms with van der Waals surface area (Å²) >= 11 is 0. The molecule has 0 N–H and O–H groups in total. The molecule has 0 amide bonds. The van der Waals surface area contributed by atoms with Crippen LogP contribution in [0.5, 0.6) is 0 Å². The molecule has 1 saturated heterocycles. The number of rotatable bonds is 2. The lowest BCUT2D eigenvalue weighted by molar-refractivity contribution is -0.0636. The molecule has 1 atom stereocenters. The van der Waals surface area contributed by atoms with Gasteiger partial charge < -0.3 is 9.47 Å². The molecule has 0 bridgehead atoms. The maximum atomic E-state index is 5.36. The summed E-state index contributed by atoms with van der Waals surface area (Å²) in [5.41, 5.74) is 0. The molecule has 0 unspecified atom stereocenters. The lowest BCUT2D eigenvalue weighted by Gasteiger charge is -2.17. The first-order chi connectivity index (χ1) is 5.93. The molecule has 0 aromatic heterocycles. The quantitative estimate of drug-likeness (QED) is 0.460. The summed E-state index contributed by atoms with van der Waals surface area (Å²) in [7, 11) is 0. The van der Waals surface area contributed by atoms with Crippen LogP contribution in [0.2, 0.25) is 0 Å². The van der Waals surface area contributed by atoms with Crippen LogP contribution in [-0.4, -0.2) is 25.9 Å². The van der Waals surface area contributed by atoms with Gasteiger partial charge in [-0.25, -0.2) is 0 Å². The minimum absolute atomic E-state index is 0.0237. The highest BCUT2D eigenvalue weighted by Crippen LogP contribution is 1.99. The van der Waals surface area contributed by atoms with E-state index in [4.69, 9.17) is 9.47 Å². The zero-order chi connectivity index (χ0) is 8.65. The lowest BCUT2D eigenvalue weighted by Crippen LogP contribution is -2.27. The smallest absolute Gasteiger partial charge is 0.141 e. The van der Waals surface area contributed by atoms with E-state index in [9.17, 15) is 0 Å². The van der Waals surface area contributed by atoms with Crippen LogP contribution in [-0.2, 0) is 9.47 Å². The van der Waals surface area contributed by atoms with E-state index >= 15 is 0 Å². The van der Waals surface area contributed by atoms with Crippen LogP contribution in [0, 0.1) is 11.8 Å². The second-order valence-corrected chi connectivity index (χ2v) is 2.86. The van der Waals surface area contributed by atoms with Crippen LogP contribution in [0.1, 0.15) is 26.2 Å². The Kier molecular flexibility index (Phi) is 4.82. The fourth-order valence-corrected chi connectivity index (χ4v) is 1.02. The molecule has 1 aliphatic heterocycles. The molecule has 1 rings (SSSR count). The molecular weight excluding hydrogens is 152 g/mol. The molecule has 0 aromatic rings. The second kappa shape index (κ2) is 6.05. The second-order valence-electron chi connectivity index (χ2n) is 2.86. The first-order valence-electron chi connectivity index (χ1n) is 4.61. The van der Waals surface area contributed by atoms with E-state index in [2.05, 4.69) is 18.8 Å². The molecular formula is C10H16O2. The van der Waals surface area contributed by atoms with Gasteiger partial charge in [0.2, 0.25) is 0 Å². The van der Waals surface area contributed by atoms with Crippen molar-refractivity contribution in [1.29, 1.82) is 0 Å². The number of ether oxygens (including phenoxy) is 2. The molecule has 0 aliphatic carbocycles. The fourth-order valence-electron chi connectivity index (χ4n) is 1.02. The van der Waals surface area contributed by atoms with Crippen molar-refractivity contribution in [1.82, 2.24) is 0 Å². The van der Waals surface area contributed by atoms with Crippen molar-refractivity contribution in [3.8, 4) is 11.8 Å². The standard InChI is InChI=1S/C10H16O2/c1-2-3-4-5-6-10-9-11-7-8-12-10/h10H,2-4,7-9H2,1H3/t10-/m0/s1. The highest BCUT2D eigenvalue weighted by molar-refractivity contribution is 5.05. The minimum Gasteiger partial charge on any atom is -0.375 e. The molecule has 0 radical (unpaired) electrons. The van der Waals surface area contributed by atoms with Crippen LogP contribution >= 0.6 is 0 Å². The average molecular weight is 168 g/mol. The summed E-state index contributed by atoms with van der Waals surface area (Å²) in [5, 5.41) is 0. The summed E-state index contributed by atoms with van der Waals surface area (Å²) in [6.07, 6.45) is 3.39. The Morgan fingerprint density at radius 3 is 3.00 bits per heavy atom. The van der Waals surface area contributed by atoms with Crippen molar-refractivity contribution in [2.24, 2.45) is 0 Å². The predicted octanol–water partition coefficient (Wildman–Crippen LogP) is 1.60. The van der Waals surface area contributed by atoms with Gasteiger partial charge in [0, 0.05) is 6.42 Å². The summed E-state index contributed by atoms with van der Waals surface area (Å²) < 4.78 is 10.6. The number of hydrogen-bond donors (Lipinski definition) is 0. The zero-order valence-corrected chi connectivity index (χ0v) is 7.64. The molecule has 0 aromatic carbocycles. The molecule has 0 spiro atoms. The van der Waals surface area contributed by atoms with Crippen molar-refractivity contribution in [3.63, 3.8) is 0 Å². The van der Waals surface area contributed by atoms with Gasteiger partial charge in [-0.3, -0.25) is 0 Å². The highest BCUT2D eigenvalue weighted by atomic mass is 16.6. The normalized spacial score (nSPS) is 22.9. The number of hydrogen-bond acceptors (Lipinski definition) is 2. The molecule has 68 valence electrons. The van der Waals surface area contributed by atoms with Gasteiger partial charge in [0.25, 0.3) is 0 Å². The molecule has 12 heavy (non-hydrogen) atoms. The fraction of sp³-hybridized carbons (Fsp3) is 0.800. The predicted molar refractivity (Wildman–Crippen MR) is 47.9 cm³/mol.